The third-order valence-electron chi connectivity index (χ3n) is 1.90. The van der Waals surface area contributed by atoms with Crippen LogP contribution in [0.5, 0.6) is 0 Å². The molecule has 6 heteroatoms. The Morgan fingerprint density at radius 2 is 2.43 bits per heavy atom. The second-order valence-corrected chi connectivity index (χ2v) is 2.71. The Morgan fingerprint density at radius 3 is 3.14 bits per heavy atom. The third-order valence-corrected chi connectivity index (χ3v) is 1.90. The summed E-state index contributed by atoms with van der Waals surface area (Å²) in [6.45, 7) is 0. The molecule has 0 atom stereocenters. The summed E-state index contributed by atoms with van der Waals surface area (Å²) in [5.41, 5.74) is 0.106. The number of H-pyrrole nitrogens is 1. The van der Waals surface area contributed by atoms with Crippen LogP contribution in [0.4, 0.5) is 0 Å². The van der Waals surface area contributed by atoms with E-state index >= 15 is 0 Å². The van der Waals surface area contributed by atoms with Crippen molar-refractivity contribution in [2.45, 2.75) is 0 Å². The van der Waals surface area contributed by atoms with Crippen molar-refractivity contribution >= 4 is 11.6 Å². The lowest BCUT2D eigenvalue weighted by atomic mass is 10.3. The lowest BCUT2D eigenvalue weighted by molar-refractivity contribution is 0.0961. The minimum absolute atomic E-state index is 0.0208. The number of nitrogens with zero attached hydrogens (tertiary/aromatic N) is 2. The SMILES string of the molecule is CNC(=O)c1cnc2cc[nH]n2c1=O. The molecule has 72 valence electrons. The van der Waals surface area contributed by atoms with Crippen molar-refractivity contribution in [1.82, 2.24) is 19.9 Å². The fraction of sp³-hybridized carbons (Fsp3) is 0.125. The maximum atomic E-state index is 11.6. The van der Waals surface area contributed by atoms with Gasteiger partial charge in [-0.3, -0.25) is 14.7 Å². The number of aromatic nitrogens is 3. The Morgan fingerprint density at radius 1 is 1.64 bits per heavy atom. The fourth-order valence-electron chi connectivity index (χ4n) is 1.19. The van der Waals surface area contributed by atoms with Gasteiger partial charge in [0.1, 0.15) is 5.56 Å². The molecule has 0 fully saturated rings. The zero-order chi connectivity index (χ0) is 10.1. The van der Waals surface area contributed by atoms with Crippen LogP contribution in [0.1, 0.15) is 10.4 Å². The number of amides is 1. The normalized spacial score (nSPS) is 10.4. The van der Waals surface area contributed by atoms with Crippen molar-refractivity contribution in [2.75, 3.05) is 7.05 Å². The van der Waals surface area contributed by atoms with Gasteiger partial charge >= 0.3 is 0 Å². The molecule has 0 bridgehead atoms. The number of fused-ring (bicyclic) bond motifs is 1. The fourth-order valence-corrected chi connectivity index (χ4v) is 1.19. The monoisotopic (exact) mass is 192 g/mol. The van der Waals surface area contributed by atoms with E-state index < -0.39 is 11.5 Å². The van der Waals surface area contributed by atoms with E-state index in [1.807, 2.05) is 0 Å². The standard InChI is InChI=1S/C8H8N4O2/c1-9-7(13)5-4-10-6-2-3-11-12(6)8(5)14/h2-4,11H,1H3,(H,9,13). The Balaban J connectivity index is 2.74. The molecule has 0 spiro atoms. The van der Waals surface area contributed by atoms with Gasteiger partial charge in [0, 0.05) is 25.5 Å². The van der Waals surface area contributed by atoms with Crippen molar-refractivity contribution in [3.63, 3.8) is 0 Å². The van der Waals surface area contributed by atoms with Crippen LogP contribution >= 0.6 is 0 Å². The van der Waals surface area contributed by atoms with Gasteiger partial charge in [0.15, 0.2) is 5.65 Å². The second kappa shape index (κ2) is 2.99. The van der Waals surface area contributed by atoms with Crippen LogP contribution in [0.3, 0.4) is 0 Å². The highest BCUT2D eigenvalue weighted by molar-refractivity contribution is 5.93. The van der Waals surface area contributed by atoms with Crippen LogP contribution in [-0.4, -0.2) is 27.6 Å². The minimum atomic E-state index is -0.438. The first-order chi connectivity index (χ1) is 6.74. The zero-order valence-corrected chi connectivity index (χ0v) is 7.44. The topological polar surface area (TPSA) is 79.3 Å². The van der Waals surface area contributed by atoms with Gasteiger partial charge < -0.3 is 5.32 Å². The highest BCUT2D eigenvalue weighted by Crippen LogP contribution is 1.95. The van der Waals surface area contributed by atoms with Crippen molar-refractivity contribution in [3.8, 4) is 0 Å². The Labute approximate surface area is 78.6 Å². The molecule has 2 rings (SSSR count). The number of hydrogen-bond donors (Lipinski definition) is 2. The molecule has 0 saturated heterocycles. The number of rotatable bonds is 1. The van der Waals surface area contributed by atoms with Crippen molar-refractivity contribution < 1.29 is 4.79 Å². The van der Waals surface area contributed by atoms with Gasteiger partial charge in [-0.05, 0) is 0 Å². The number of nitrogens with one attached hydrogen (secondary N) is 2. The van der Waals surface area contributed by atoms with E-state index in [2.05, 4.69) is 15.4 Å². The largest absolute Gasteiger partial charge is 0.355 e. The number of carbonyl (C=O) groups is 1. The maximum absolute atomic E-state index is 11.6. The molecule has 6 nitrogen and oxygen atoms in total. The Kier molecular flexibility index (Phi) is 1.81. The molecule has 0 radical (unpaired) electrons. The Hall–Kier alpha value is -2.11. The van der Waals surface area contributed by atoms with Crippen LogP contribution in [0.2, 0.25) is 0 Å². The summed E-state index contributed by atoms with van der Waals surface area (Å²) in [6.07, 6.45) is 2.85. The molecule has 14 heavy (non-hydrogen) atoms. The van der Waals surface area contributed by atoms with Crippen molar-refractivity contribution in [3.05, 3.63) is 34.4 Å². The predicted molar refractivity (Wildman–Crippen MR) is 49.2 cm³/mol. The average molecular weight is 192 g/mol. The van der Waals surface area contributed by atoms with Gasteiger partial charge in [-0.25, -0.2) is 9.50 Å². The first kappa shape index (κ1) is 8.49. The summed E-state index contributed by atoms with van der Waals surface area (Å²) in [5.74, 6) is -0.438. The van der Waals surface area contributed by atoms with Crippen LogP contribution in [0, 0.1) is 0 Å². The Bertz CT molecular complexity index is 540. The molecule has 0 aromatic carbocycles. The number of carbonyl (C=O) groups excluding carboxylic acids is 1. The van der Waals surface area contributed by atoms with E-state index in [0.29, 0.717) is 5.65 Å². The molecule has 0 unspecified atom stereocenters. The van der Waals surface area contributed by atoms with Crippen molar-refractivity contribution in [1.29, 1.82) is 0 Å². The summed E-state index contributed by atoms with van der Waals surface area (Å²) in [4.78, 5) is 26.8. The molecule has 0 aliphatic rings. The van der Waals surface area contributed by atoms with Crippen LogP contribution in [0.15, 0.2) is 23.3 Å². The van der Waals surface area contributed by atoms with Gasteiger partial charge in [-0.15, -0.1) is 0 Å². The predicted octanol–water partition coefficient (Wildman–Crippen LogP) is -0.618. The van der Waals surface area contributed by atoms with Crippen LogP contribution in [-0.2, 0) is 0 Å². The maximum Gasteiger partial charge on any atom is 0.285 e. The van der Waals surface area contributed by atoms with Gasteiger partial charge in [0.2, 0.25) is 0 Å². The number of hydrogen-bond acceptors (Lipinski definition) is 3. The second-order valence-electron chi connectivity index (χ2n) is 2.71. The van der Waals surface area contributed by atoms with E-state index in [9.17, 15) is 9.59 Å². The molecule has 0 aliphatic carbocycles. The molecular weight excluding hydrogens is 184 g/mol. The van der Waals surface area contributed by atoms with Crippen LogP contribution in [0.25, 0.3) is 5.65 Å². The van der Waals surface area contributed by atoms with E-state index in [0.717, 1.165) is 0 Å². The number of aromatic amines is 1. The summed E-state index contributed by atoms with van der Waals surface area (Å²) < 4.78 is 1.21. The first-order valence-electron chi connectivity index (χ1n) is 4.01. The molecular formula is C8H8N4O2. The molecule has 0 aliphatic heterocycles. The minimum Gasteiger partial charge on any atom is -0.355 e. The lowest BCUT2D eigenvalue weighted by Gasteiger charge is -1.98. The summed E-state index contributed by atoms with van der Waals surface area (Å²) in [6, 6.07) is 1.65. The average Bonchev–Trinajstić information content (AvgIpc) is 2.66. The lowest BCUT2D eigenvalue weighted by Crippen LogP contribution is -2.29. The van der Waals surface area contributed by atoms with E-state index in [1.54, 1.807) is 12.3 Å². The molecule has 2 heterocycles. The molecule has 1 amide bonds. The third kappa shape index (κ3) is 1.08. The zero-order valence-electron chi connectivity index (χ0n) is 7.44. The van der Waals surface area contributed by atoms with E-state index in [-0.39, 0.29) is 5.56 Å². The first-order valence-corrected chi connectivity index (χ1v) is 4.01. The highest BCUT2D eigenvalue weighted by Gasteiger charge is 2.11. The van der Waals surface area contributed by atoms with E-state index in [1.165, 1.54) is 17.8 Å². The van der Waals surface area contributed by atoms with Crippen molar-refractivity contribution in [2.24, 2.45) is 0 Å². The highest BCUT2D eigenvalue weighted by atomic mass is 16.2. The molecule has 2 N–H and O–H groups in total. The quantitative estimate of drug-likeness (QED) is 0.632. The summed E-state index contributed by atoms with van der Waals surface area (Å²) in [5, 5.41) is 5.04. The summed E-state index contributed by atoms with van der Waals surface area (Å²) >= 11 is 0. The van der Waals surface area contributed by atoms with E-state index in [4.69, 9.17) is 0 Å². The van der Waals surface area contributed by atoms with Gasteiger partial charge in [-0.2, -0.15) is 0 Å². The summed E-state index contributed by atoms with van der Waals surface area (Å²) in [7, 11) is 1.46. The van der Waals surface area contributed by atoms with Crippen LogP contribution < -0.4 is 10.9 Å². The smallest absolute Gasteiger partial charge is 0.285 e. The van der Waals surface area contributed by atoms with Gasteiger partial charge in [-0.1, -0.05) is 0 Å². The molecule has 0 saturated carbocycles. The molecule has 2 aromatic heterocycles. The van der Waals surface area contributed by atoms with Gasteiger partial charge in [0.25, 0.3) is 11.5 Å². The molecule has 2 aromatic rings. The van der Waals surface area contributed by atoms with Gasteiger partial charge in [0.05, 0.1) is 0 Å².